The predicted molar refractivity (Wildman–Crippen MR) is 75.0 cm³/mol. The zero-order valence-corrected chi connectivity index (χ0v) is 11.9. The molecule has 2 aromatic rings. The van der Waals surface area contributed by atoms with Crippen LogP contribution in [0.1, 0.15) is 11.1 Å². The van der Waals surface area contributed by atoms with Crippen LogP contribution in [0, 0.1) is 6.92 Å². The molecule has 3 nitrogen and oxygen atoms in total. The van der Waals surface area contributed by atoms with E-state index < -0.39 is 9.05 Å². The SMILES string of the molecule is Cc1cc(S(=O)(=O)Cl)ccc1OCc1ccccc1. The molecule has 0 heterocycles. The highest BCUT2D eigenvalue weighted by molar-refractivity contribution is 8.13. The lowest BCUT2D eigenvalue weighted by Gasteiger charge is -2.10. The second-order valence-corrected chi connectivity index (χ2v) is 6.71. The molecular weight excluding hydrogens is 284 g/mol. The van der Waals surface area contributed by atoms with Crippen LogP contribution in [0.25, 0.3) is 0 Å². The summed E-state index contributed by atoms with van der Waals surface area (Å²) in [5, 5.41) is 0. The van der Waals surface area contributed by atoms with Gasteiger partial charge in [0.1, 0.15) is 12.4 Å². The van der Waals surface area contributed by atoms with Crippen molar-refractivity contribution in [2.45, 2.75) is 18.4 Å². The Labute approximate surface area is 117 Å². The highest BCUT2D eigenvalue weighted by atomic mass is 35.7. The van der Waals surface area contributed by atoms with Crippen molar-refractivity contribution in [2.75, 3.05) is 0 Å². The van der Waals surface area contributed by atoms with E-state index in [2.05, 4.69) is 0 Å². The zero-order valence-electron chi connectivity index (χ0n) is 10.3. The maximum atomic E-state index is 11.2. The Kier molecular flexibility index (Phi) is 4.12. The molecule has 5 heteroatoms. The van der Waals surface area contributed by atoms with E-state index in [1.165, 1.54) is 12.1 Å². The van der Waals surface area contributed by atoms with Crippen LogP contribution in [-0.4, -0.2) is 8.42 Å². The highest BCUT2D eigenvalue weighted by Gasteiger charge is 2.11. The van der Waals surface area contributed by atoms with E-state index in [4.69, 9.17) is 15.4 Å². The lowest BCUT2D eigenvalue weighted by Crippen LogP contribution is -1.98. The molecule has 0 aliphatic heterocycles. The number of halogens is 1. The summed E-state index contributed by atoms with van der Waals surface area (Å²) in [7, 11) is 1.59. The topological polar surface area (TPSA) is 43.4 Å². The van der Waals surface area contributed by atoms with E-state index in [0.29, 0.717) is 12.4 Å². The smallest absolute Gasteiger partial charge is 0.261 e. The summed E-state index contributed by atoms with van der Waals surface area (Å²) < 4.78 is 28.1. The summed E-state index contributed by atoms with van der Waals surface area (Å²) in [4.78, 5) is 0.0822. The van der Waals surface area contributed by atoms with Crippen molar-refractivity contribution in [3.8, 4) is 5.75 Å². The molecule has 0 unspecified atom stereocenters. The highest BCUT2D eigenvalue weighted by Crippen LogP contribution is 2.24. The molecule has 0 N–H and O–H groups in total. The van der Waals surface area contributed by atoms with E-state index in [0.717, 1.165) is 11.1 Å². The van der Waals surface area contributed by atoms with Crippen molar-refractivity contribution in [1.82, 2.24) is 0 Å². The number of aryl methyl sites for hydroxylation is 1. The Morgan fingerprint density at radius 1 is 1.11 bits per heavy atom. The van der Waals surface area contributed by atoms with Gasteiger partial charge in [0.25, 0.3) is 9.05 Å². The maximum Gasteiger partial charge on any atom is 0.261 e. The van der Waals surface area contributed by atoms with Gasteiger partial charge in [-0.05, 0) is 36.2 Å². The number of hydrogen-bond acceptors (Lipinski definition) is 3. The average Bonchev–Trinajstić information content (AvgIpc) is 2.37. The Hall–Kier alpha value is -1.52. The molecule has 0 radical (unpaired) electrons. The van der Waals surface area contributed by atoms with Crippen LogP contribution in [0.15, 0.2) is 53.4 Å². The molecule has 0 amide bonds. The molecule has 0 spiro atoms. The van der Waals surface area contributed by atoms with Crippen molar-refractivity contribution in [2.24, 2.45) is 0 Å². The van der Waals surface area contributed by atoms with Gasteiger partial charge in [-0.15, -0.1) is 0 Å². The van der Waals surface area contributed by atoms with Gasteiger partial charge in [0.2, 0.25) is 0 Å². The first-order valence-corrected chi connectivity index (χ1v) is 8.00. The van der Waals surface area contributed by atoms with E-state index in [9.17, 15) is 8.42 Å². The van der Waals surface area contributed by atoms with Crippen LogP contribution in [0.2, 0.25) is 0 Å². The Morgan fingerprint density at radius 2 is 1.79 bits per heavy atom. The number of benzene rings is 2. The molecule has 0 aliphatic carbocycles. The number of ether oxygens (including phenoxy) is 1. The molecule has 0 aromatic heterocycles. The summed E-state index contributed by atoms with van der Waals surface area (Å²) >= 11 is 0. The normalized spacial score (nSPS) is 11.3. The zero-order chi connectivity index (χ0) is 13.9. The molecule has 0 aliphatic rings. The quantitative estimate of drug-likeness (QED) is 0.811. The van der Waals surface area contributed by atoms with E-state index in [1.54, 1.807) is 13.0 Å². The fourth-order valence-electron chi connectivity index (χ4n) is 1.67. The molecule has 0 bridgehead atoms. The molecule has 0 fully saturated rings. The minimum Gasteiger partial charge on any atom is -0.489 e. The predicted octanol–water partition coefficient (Wildman–Crippen LogP) is 3.50. The Bertz CT molecular complexity index is 666. The van der Waals surface area contributed by atoms with Crippen molar-refractivity contribution < 1.29 is 13.2 Å². The first-order chi connectivity index (χ1) is 8.97. The lowest BCUT2D eigenvalue weighted by atomic mass is 10.2. The first kappa shape index (κ1) is 13.9. The van der Waals surface area contributed by atoms with Gasteiger partial charge in [-0.1, -0.05) is 30.3 Å². The molecule has 19 heavy (non-hydrogen) atoms. The van der Waals surface area contributed by atoms with Crippen LogP contribution >= 0.6 is 10.7 Å². The third-order valence-electron chi connectivity index (χ3n) is 2.67. The van der Waals surface area contributed by atoms with Crippen LogP contribution < -0.4 is 4.74 Å². The van der Waals surface area contributed by atoms with Crippen molar-refractivity contribution in [3.63, 3.8) is 0 Å². The van der Waals surface area contributed by atoms with Gasteiger partial charge < -0.3 is 4.74 Å². The van der Waals surface area contributed by atoms with Crippen LogP contribution in [0.5, 0.6) is 5.75 Å². The molecule has 0 saturated heterocycles. The average molecular weight is 297 g/mol. The van der Waals surface area contributed by atoms with Gasteiger partial charge >= 0.3 is 0 Å². The molecule has 2 aromatic carbocycles. The minimum absolute atomic E-state index is 0.0822. The molecule has 0 saturated carbocycles. The molecule has 0 atom stereocenters. The van der Waals surface area contributed by atoms with Crippen molar-refractivity contribution in [1.29, 1.82) is 0 Å². The monoisotopic (exact) mass is 296 g/mol. The molecule has 100 valence electrons. The van der Waals surface area contributed by atoms with E-state index in [1.807, 2.05) is 30.3 Å². The molecule has 2 rings (SSSR count). The lowest BCUT2D eigenvalue weighted by molar-refractivity contribution is 0.304. The fourth-order valence-corrected chi connectivity index (χ4v) is 2.51. The Morgan fingerprint density at radius 3 is 2.37 bits per heavy atom. The maximum absolute atomic E-state index is 11.2. The van der Waals surface area contributed by atoms with Crippen LogP contribution in [0.3, 0.4) is 0 Å². The van der Waals surface area contributed by atoms with Gasteiger partial charge in [-0.25, -0.2) is 8.42 Å². The van der Waals surface area contributed by atoms with Crippen LogP contribution in [-0.2, 0) is 15.7 Å². The van der Waals surface area contributed by atoms with Gasteiger partial charge in [0.05, 0.1) is 4.90 Å². The van der Waals surface area contributed by atoms with Crippen LogP contribution in [0.4, 0.5) is 0 Å². The third-order valence-corrected chi connectivity index (χ3v) is 4.02. The fraction of sp³-hybridized carbons (Fsp3) is 0.143. The summed E-state index contributed by atoms with van der Waals surface area (Å²) in [5.74, 6) is 0.646. The minimum atomic E-state index is -3.69. The standard InChI is InChI=1S/C14H13ClO3S/c1-11-9-13(19(15,16)17)7-8-14(11)18-10-12-5-3-2-4-6-12/h2-9H,10H2,1H3. The second-order valence-electron chi connectivity index (χ2n) is 4.14. The number of rotatable bonds is 4. The van der Waals surface area contributed by atoms with Gasteiger partial charge in [0.15, 0.2) is 0 Å². The summed E-state index contributed by atoms with van der Waals surface area (Å²) in [6.07, 6.45) is 0. The van der Waals surface area contributed by atoms with Gasteiger partial charge in [-0.2, -0.15) is 0 Å². The second kappa shape index (κ2) is 5.63. The van der Waals surface area contributed by atoms with E-state index >= 15 is 0 Å². The summed E-state index contributed by atoms with van der Waals surface area (Å²) in [6, 6.07) is 14.3. The third kappa shape index (κ3) is 3.72. The van der Waals surface area contributed by atoms with E-state index in [-0.39, 0.29) is 4.90 Å². The number of hydrogen-bond donors (Lipinski definition) is 0. The Balaban J connectivity index is 2.14. The van der Waals surface area contributed by atoms with Gasteiger partial charge in [0, 0.05) is 10.7 Å². The molecular formula is C14H13ClO3S. The largest absolute Gasteiger partial charge is 0.489 e. The van der Waals surface area contributed by atoms with Crippen molar-refractivity contribution >= 4 is 19.7 Å². The van der Waals surface area contributed by atoms with Crippen molar-refractivity contribution in [3.05, 3.63) is 59.7 Å². The summed E-state index contributed by atoms with van der Waals surface area (Å²) in [6.45, 7) is 2.22. The summed E-state index contributed by atoms with van der Waals surface area (Å²) in [5.41, 5.74) is 1.79. The first-order valence-electron chi connectivity index (χ1n) is 5.69. The van der Waals surface area contributed by atoms with Gasteiger partial charge in [-0.3, -0.25) is 0 Å².